The third kappa shape index (κ3) is 4.19. The van der Waals surface area contributed by atoms with Gasteiger partial charge in [-0.2, -0.15) is 5.10 Å². The molecule has 0 aliphatic carbocycles. The number of nitrogens with zero attached hydrogens (tertiary/aromatic N) is 1. The lowest BCUT2D eigenvalue weighted by atomic mass is 10.2. The van der Waals surface area contributed by atoms with Crippen LogP contribution < -0.4 is 5.32 Å². The standard InChI is InChI=1S/C12H21N3O2/c1-4-7-17-8-5-6-13-12(16)11-9(2)14-15-10(11)3/h4-8H2,1-3H3,(H,13,16)(H,14,15). The van der Waals surface area contributed by atoms with E-state index in [2.05, 4.69) is 22.4 Å². The van der Waals surface area contributed by atoms with Crippen LogP contribution in [0.4, 0.5) is 0 Å². The summed E-state index contributed by atoms with van der Waals surface area (Å²) >= 11 is 0. The van der Waals surface area contributed by atoms with Gasteiger partial charge in [-0.25, -0.2) is 0 Å². The van der Waals surface area contributed by atoms with Crippen molar-refractivity contribution in [1.82, 2.24) is 15.5 Å². The van der Waals surface area contributed by atoms with Gasteiger partial charge in [0.05, 0.1) is 11.3 Å². The average molecular weight is 239 g/mol. The molecule has 96 valence electrons. The van der Waals surface area contributed by atoms with Crippen molar-refractivity contribution in [3.05, 3.63) is 17.0 Å². The minimum absolute atomic E-state index is 0.0655. The number of carbonyl (C=O) groups excluding carboxylic acids is 1. The van der Waals surface area contributed by atoms with Crippen molar-refractivity contribution < 1.29 is 9.53 Å². The van der Waals surface area contributed by atoms with Crippen molar-refractivity contribution >= 4 is 5.91 Å². The van der Waals surface area contributed by atoms with Crippen LogP contribution >= 0.6 is 0 Å². The largest absolute Gasteiger partial charge is 0.381 e. The van der Waals surface area contributed by atoms with Crippen molar-refractivity contribution in [2.75, 3.05) is 19.8 Å². The lowest BCUT2D eigenvalue weighted by Gasteiger charge is -2.05. The van der Waals surface area contributed by atoms with E-state index in [0.717, 1.165) is 30.8 Å². The summed E-state index contributed by atoms with van der Waals surface area (Å²) in [5.41, 5.74) is 2.20. The Bertz CT molecular complexity index is 341. The van der Waals surface area contributed by atoms with Crippen molar-refractivity contribution in [2.24, 2.45) is 0 Å². The highest BCUT2D eigenvalue weighted by Gasteiger charge is 2.14. The Morgan fingerprint density at radius 1 is 1.41 bits per heavy atom. The Balaban J connectivity index is 2.26. The summed E-state index contributed by atoms with van der Waals surface area (Å²) in [6.07, 6.45) is 1.86. The number of hydrogen-bond acceptors (Lipinski definition) is 3. The van der Waals surface area contributed by atoms with E-state index in [1.54, 1.807) is 0 Å². The van der Waals surface area contributed by atoms with Crippen LogP contribution in [-0.4, -0.2) is 35.9 Å². The molecule has 5 heteroatoms. The van der Waals surface area contributed by atoms with Crippen molar-refractivity contribution in [2.45, 2.75) is 33.6 Å². The molecule has 0 aromatic carbocycles. The zero-order valence-corrected chi connectivity index (χ0v) is 10.8. The Morgan fingerprint density at radius 3 is 2.76 bits per heavy atom. The number of hydrogen-bond donors (Lipinski definition) is 2. The first-order valence-corrected chi connectivity index (χ1v) is 6.04. The number of ether oxygens (including phenoxy) is 1. The van der Waals surface area contributed by atoms with Gasteiger partial charge in [-0.1, -0.05) is 6.92 Å². The predicted molar refractivity (Wildman–Crippen MR) is 66.1 cm³/mol. The molecule has 0 aliphatic heterocycles. The van der Waals surface area contributed by atoms with Crippen LogP contribution in [-0.2, 0) is 4.74 Å². The molecule has 0 atom stereocenters. The first-order chi connectivity index (χ1) is 8.16. The summed E-state index contributed by atoms with van der Waals surface area (Å²) in [6.45, 7) is 7.85. The van der Waals surface area contributed by atoms with E-state index < -0.39 is 0 Å². The number of aryl methyl sites for hydroxylation is 2. The minimum Gasteiger partial charge on any atom is -0.381 e. The molecular weight excluding hydrogens is 218 g/mol. The average Bonchev–Trinajstić information content (AvgIpc) is 2.63. The van der Waals surface area contributed by atoms with Crippen LogP contribution in [0.25, 0.3) is 0 Å². The highest BCUT2D eigenvalue weighted by atomic mass is 16.5. The maximum atomic E-state index is 11.8. The number of amides is 1. The topological polar surface area (TPSA) is 67.0 Å². The van der Waals surface area contributed by atoms with E-state index >= 15 is 0 Å². The molecular formula is C12H21N3O2. The van der Waals surface area contributed by atoms with Crippen LogP contribution in [0.2, 0.25) is 0 Å². The van der Waals surface area contributed by atoms with Gasteiger partial charge in [-0.05, 0) is 26.7 Å². The van der Waals surface area contributed by atoms with Crippen molar-refractivity contribution in [3.8, 4) is 0 Å². The second-order valence-electron chi connectivity index (χ2n) is 4.03. The quantitative estimate of drug-likeness (QED) is 0.710. The normalized spacial score (nSPS) is 10.5. The van der Waals surface area contributed by atoms with Gasteiger partial charge in [0, 0.05) is 25.5 Å². The molecule has 1 aromatic heterocycles. The highest BCUT2D eigenvalue weighted by Crippen LogP contribution is 2.08. The molecule has 0 bridgehead atoms. The number of rotatable bonds is 7. The fraction of sp³-hybridized carbons (Fsp3) is 0.667. The van der Waals surface area contributed by atoms with Gasteiger partial charge in [0.25, 0.3) is 5.91 Å². The molecule has 1 amide bonds. The molecule has 0 aliphatic rings. The third-order valence-electron chi connectivity index (χ3n) is 2.45. The SMILES string of the molecule is CCCOCCCNC(=O)c1c(C)n[nH]c1C. The Kier molecular flexibility index (Phi) is 5.69. The Labute approximate surface area is 102 Å². The van der Waals surface area contributed by atoms with Gasteiger partial charge in [0.15, 0.2) is 0 Å². The van der Waals surface area contributed by atoms with Gasteiger partial charge in [0.1, 0.15) is 0 Å². The number of aromatic amines is 1. The fourth-order valence-electron chi connectivity index (χ4n) is 1.60. The van der Waals surface area contributed by atoms with E-state index in [0.29, 0.717) is 18.7 Å². The van der Waals surface area contributed by atoms with E-state index in [9.17, 15) is 4.79 Å². The fourth-order valence-corrected chi connectivity index (χ4v) is 1.60. The molecule has 0 spiro atoms. The van der Waals surface area contributed by atoms with E-state index in [4.69, 9.17) is 4.74 Å². The van der Waals surface area contributed by atoms with Crippen molar-refractivity contribution in [1.29, 1.82) is 0 Å². The monoisotopic (exact) mass is 239 g/mol. The van der Waals surface area contributed by atoms with Gasteiger partial charge >= 0.3 is 0 Å². The number of carbonyl (C=O) groups is 1. The van der Waals surface area contributed by atoms with Crippen LogP contribution in [0.15, 0.2) is 0 Å². The van der Waals surface area contributed by atoms with E-state index in [1.807, 2.05) is 13.8 Å². The zero-order chi connectivity index (χ0) is 12.7. The second kappa shape index (κ2) is 7.06. The lowest BCUT2D eigenvalue weighted by molar-refractivity contribution is 0.0940. The first kappa shape index (κ1) is 13.7. The highest BCUT2D eigenvalue weighted by molar-refractivity contribution is 5.96. The summed E-state index contributed by atoms with van der Waals surface area (Å²) in [5.74, 6) is -0.0655. The Hall–Kier alpha value is -1.36. The predicted octanol–water partition coefficient (Wildman–Crippen LogP) is 1.57. The summed E-state index contributed by atoms with van der Waals surface area (Å²) in [5, 5.41) is 9.66. The van der Waals surface area contributed by atoms with E-state index in [-0.39, 0.29) is 5.91 Å². The lowest BCUT2D eigenvalue weighted by Crippen LogP contribution is -2.26. The van der Waals surface area contributed by atoms with Crippen LogP contribution in [0.1, 0.15) is 41.5 Å². The molecule has 17 heavy (non-hydrogen) atoms. The summed E-state index contributed by atoms with van der Waals surface area (Å²) in [6, 6.07) is 0. The van der Waals surface area contributed by atoms with E-state index in [1.165, 1.54) is 0 Å². The van der Waals surface area contributed by atoms with Crippen LogP contribution in [0, 0.1) is 13.8 Å². The summed E-state index contributed by atoms with van der Waals surface area (Å²) < 4.78 is 5.33. The Morgan fingerprint density at radius 2 is 2.18 bits per heavy atom. The molecule has 1 rings (SSSR count). The number of aromatic nitrogens is 2. The molecule has 0 unspecified atom stereocenters. The molecule has 1 heterocycles. The summed E-state index contributed by atoms with van der Waals surface area (Å²) in [4.78, 5) is 11.8. The van der Waals surface area contributed by atoms with Crippen molar-refractivity contribution in [3.63, 3.8) is 0 Å². The molecule has 1 aromatic rings. The molecule has 0 fully saturated rings. The minimum atomic E-state index is -0.0655. The molecule has 0 saturated heterocycles. The van der Waals surface area contributed by atoms with Gasteiger partial charge in [-0.15, -0.1) is 0 Å². The number of H-pyrrole nitrogens is 1. The molecule has 2 N–H and O–H groups in total. The number of nitrogens with one attached hydrogen (secondary N) is 2. The van der Waals surface area contributed by atoms with Gasteiger partial charge in [0.2, 0.25) is 0 Å². The second-order valence-corrected chi connectivity index (χ2v) is 4.03. The van der Waals surface area contributed by atoms with Crippen LogP contribution in [0.3, 0.4) is 0 Å². The molecule has 0 radical (unpaired) electrons. The molecule has 0 saturated carbocycles. The summed E-state index contributed by atoms with van der Waals surface area (Å²) in [7, 11) is 0. The molecule has 5 nitrogen and oxygen atoms in total. The smallest absolute Gasteiger partial charge is 0.255 e. The maximum Gasteiger partial charge on any atom is 0.255 e. The maximum absolute atomic E-state index is 11.8. The zero-order valence-electron chi connectivity index (χ0n) is 10.8. The third-order valence-corrected chi connectivity index (χ3v) is 2.45. The van der Waals surface area contributed by atoms with Crippen LogP contribution in [0.5, 0.6) is 0 Å². The van der Waals surface area contributed by atoms with Gasteiger partial charge < -0.3 is 10.1 Å². The van der Waals surface area contributed by atoms with Gasteiger partial charge in [-0.3, -0.25) is 9.89 Å². The first-order valence-electron chi connectivity index (χ1n) is 6.04.